The summed E-state index contributed by atoms with van der Waals surface area (Å²) < 4.78 is 24.3. The number of para-hydroxylation sites is 1. The SMILES string of the molecule is COc1cccc([C@H]2O[C@H](CC(=O)N3CCCC[C@H]3C(=O)O)C(=O)N3c4c(cc(C)cc42)OC[C@H]3C(C)(C)C)c1OC. The number of carbonyl (C=O) groups excluding carboxylic acids is 2. The maximum Gasteiger partial charge on any atom is 0.326 e. The second-order valence-electron chi connectivity index (χ2n) is 12.3. The number of hydrogen-bond acceptors (Lipinski definition) is 7. The summed E-state index contributed by atoms with van der Waals surface area (Å²) in [5.74, 6) is -0.281. The van der Waals surface area contributed by atoms with Crippen LogP contribution in [-0.4, -0.2) is 73.3 Å². The number of aliphatic carboxylic acids is 1. The van der Waals surface area contributed by atoms with Crippen molar-refractivity contribution in [1.82, 2.24) is 4.90 Å². The Morgan fingerprint density at radius 3 is 2.52 bits per heavy atom. The third kappa shape index (κ3) is 5.28. The molecule has 2 amide bonds. The minimum atomic E-state index is -1.18. The van der Waals surface area contributed by atoms with Crippen LogP contribution in [0.5, 0.6) is 17.2 Å². The average molecular weight is 581 g/mol. The molecule has 1 saturated heterocycles. The van der Waals surface area contributed by atoms with Crippen molar-refractivity contribution < 1.29 is 38.4 Å². The number of ether oxygens (including phenoxy) is 4. The first-order valence-corrected chi connectivity index (χ1v) is 14.4. The van der Waals surface area contributed by atoms with Crippen LogP contribution in [0.4, 0.5) is 5.69 Å². The van der Waals surface area contributed by atoms with E-state index in [2.05, 4.69) is 0 Å². The Balaban J connectivity index is 1.67. The molecule has 4 atom stereocenters. The molecule has 5 rings (SSSR count). The molecule has 3 aliphatic rings. The van der Waals surface area contributed by atoms with E-state index in [1.54, 1.807) is 25.2 Å². The quantitative estimate of drug-likeness (QED) is 0.532. The number of anilines is 1. The van der Waals surface area contributed by atoms with E-state index in [-0.39, 0.29) is 30.4 Å². The molecule has 0 bridgehead atoms. The lowest BCUT2D eigenvalue weighted by atomic mass is 9.84. The number of amides is 2. The van der Waals surface area contributed by atoms with Gasteiger partial charge in [0.25, 0.3) is 5.91 Å². The molecule has 1 N–H and O–H groups in total. The smallest absolute Gasteiger partial charge is 0.326 e. The number of benzene rings is 2. The second-order valence-corrected chi connectivity index (χ2v) is 12.3. The van der Waals surface area contributed by atoms with Gasteiger partial charge in [-0.2, -0.15) is 0 Å². The molecule has 10 nitrogen and oxygen atoms in total. The van der Waals surface area contributed by atoms with Crippen molar-refractivity contribution in [2.45, 2.75) is 77.7 Å². The number of carboxylic acid groups (broad SMARTS) is 1. The molecule has 2 aromatic rings. The van der Waals surface area contributed by atoms with Gasteiger partial charge in [0.15, 0.2) is 11.5 Å². The van der Waals surface area contributed by atoms with E-state index < -0.39 is 30.1 Å². The van der Waals surface area contributed by atoms with Gasteiger partial charge in [-0.1, -0.05) is 39.0 Å². The van der Waals surface area contributed by atoms with Crippen LogP contribution in [0.15, 0.2) is 30.3 Å². The zero-order valence-corrected chi connectivity index (χ0v) is 25.1. The summed E-state index contributed by atoms with van der Waals surface area (Å²) in [7, 11) is 3.10. The van der Waals surface area contributed by atoms with Gasteiger partial charge in [-0.25, -0.2) is 4.79 Å². The summed E-state index contributed by atoms with van der Waals surface area (Å²) in [6, 6.07) is 8.10. The van der Waals surface area contributed by atoms with Gasteiger partial charge < -0.3 is 29.0 Å². The molecule has 0 unspecified atom stereocenters. The van der Waals surface area contributed by atoms with Crippen molar-refractivity contribution in [2.24, 2.45) is 5.41 Å². The lowest BCUT2D eigenvalue weighted by Gasteiger charge is -2.44. The summed E-state index contributed by atoms with van der Waals surface area (Å²) in [6.07, 6.45) is -0.457. The van der Waals surface area contributed by atoms with Gasteiger partial charge in [-0.15, -0.1) is 0 Å². The van der Waals surface area contributed by atoms with E-state index in [0.29, 0.717) is 47.9 Å². The third-order valence-corrected chi connectivity index (χ3v) is 8.48. The van der Waals surface area contributed by atoms with Crippen LogP contribution in [0.2, 0.25) is 0 Å². The number of hydrogen-bond donors (Lipinski definition) is 1. The van der Waals surface area contributed by atoms with Gasteiger partial charge in [0.05, 0.1) is 32.4 Å². The van der Waals surface area contributed by atoms with E-state index in [9.17, 15) is 19.5 Å². The first kappa shape index (κ1) is 29.7. The van der Waals surface area contributed by atoms with E-state index in [1.807, 2.05) is 52.0 Å². The lowest BCUT2D eigenvalue weighted by molar-refractivity contribution is -0.154. The fourth-order valence-electron chi connectivity index (χ4n) is 6.35. The molecule has 42 heavy (non-hydrogen) atoms. The van der Waals surface area contributed by atoms with Crippen LogP contribution < -0.4 is 19.1 Å². The van der Waals surface area contributed by atoms with Gasteiger partial charge >= 0.3 is 5.97 Å². The number of carbonyl (C=O) groups is 3. The minimum Gasteiger partial charge on any atom is -0.493 e. The van der Waals surface area contributed by atoms with Crippen molar-refractivity contribution in [3.63, 3.8) is 0 Å². The highest BCUT2D eigenvalue weighted by Gasteiger charge is 2.48. The maximum absolute atomic E-state index is 14.6. The standard InChI is InChI=1S/C32H40N2O8/c1-18-14-20-27-23(15-18)41-17-25(32(2,3)4)34(27)30(36)24(16-26(35)33-13-8-7-11-21(33)31(37)38)42-28(20)19-10-9-12-22(39-5)29(19)40-6/h9-10,12,14-15,21,24-25,28H,7-8,11,13,16-17H2,1-6H3,(H,37,38)/t21-,24+,25-,28+/m0/s1. The molecule has 0 saturated carbocycles. The molecule has 0 radical (unpaired) electrons. The van der Waals surface area contributed by atoms with Crippen LogP contribution >= 0.6 is 0 Å². The Morgan fingerprint density at radius 1 is 1.10 bits per heavy atom. The van der Waals surface area contributed by atoms with E-state index >= 15 is 0 Å². The van der Waals surface area contributed by atoms with E-state index in [4.69, 9.17) is 18.9 Å². The zero-order chi connectivity index (χ0) is 30.3. The van der Waals surface area contributed by atoms with E-state index in [0.717, 1.165) is 17.5 Å². The highest BCUT2D eigenvalue weighted by molar-refractivity contribution is 6.03. The summed E-state index contributed by atoms with van der Waals surface area (Å²) in [6.45, 7) is 8.71. The zero-order valence-electron chi connectivity index (χ0n) is 25.1. The van der Waals surface area contributed by atoms with Crippen molar-refractivity contribution in [3.05, 3.63) is 47.0 Å². The summed E-state index contributed by atoms with van der Waals surface area (Å²) >= 11 is 0. The lowest BCUT2D eigenvalue weighted by Crippen LogP contribution is -2.56. The number of nitrogens with zero attached hydrogens (tertiary/aromatic N) is 2. The minimum absolute atomic E-state index is 0.284. The first-order valence-electron chi connectivity index (χ1n) is 14.4. The Kier molecular flexibility index (Phi) is 8.11. The maximum atomic E-state index is 14.6. The molecular formula is C32H40N2O8. The molecule has 10 heteroatoms. The van der Waals surface area contributed by atoms with Crippen LogP contribution in [0.3, 0.4) is 0 Å². The second kappa shape index (κ2) is 11.5. The molecule has 3 heterocycles. The van der Waals surface area contributed by atoms with Crippen molar-refractivity contribution >= 4 is 23.5 Å². The molecule has 3 aliphatic heterocycles. The Morgan fingerprint density at radius 2 is 1.86 bits per heavy atom. The monoisotopic (exact) mass is 580 g/mol. The predicted octanol–water partition coefficient (Wildman–Crippen LogP) is 4.50. The van der Waals surface area contributed by atoms with Crippen LogP contribution in [0, 0.1) is 12.3 Å². The van der Waals surface area contributed by atoms with Crippen molar-refractivity contribution in [3.8, 4) is 17.2 Å². The van der Waals surface area contributed by atoms with Crippen molar-refractivity contribution in [1.29, 1.82) is 0 Å². The van der Waals surface area contributed by atoms with Gasteiger partial charge in [-0.3, -0.25) is 14.5 Å². The fraction of sp³-hybridized carbons (Fsp3) is 0.531. The number of carboxylic acids is 1. The Bertz CT molecular complexity index is 1380. The number of rotatable bonds is 6. The Hall–Kier alpha value is -3.79. The number of aryl methyl sites for hydroxylation is 1. The topological polar surface area (TPSA) is 115 Å². The average Bonchev–Trinajstić information content (AvgIpc) is 3.07. The van der Waals surface area contributed by atoms with E-state index in [1.165, 1.54) is 4.90 Å². The summed E-state index contributed by atoms with van der Waals surface area (Å²) in [4.78, 5) is 43.4. The highest BCUT2D eigenvalue weighted by Crippen LogP contribution is 2.51. The first-order chi connectivity index (χ1) is 20.0. The molecule has 0 aromatic heterocycles. The summed E-state index contributed by atoms with van der Waals surface area (Å²) in [5, 5.41) is 9.81. The van der Waals surface area contributed by atoms with Crippen molar-refractivity contribution in [2.75, 3.05) is 32.3 Å². The molecule has 1 fully saturated rings. The van der Waals surface area contributed by atoms with Crippen LogP contribution in [0.25, 0.3) is 0 Å². The van der Waals surface area contributed by atoms with Gasteiger partial charge in [-0.05, 0) is 49.3 Å². The normalized spacial score (nSPS) is 23.9. The molecule has 226 valence electrons. The largest absolute Gasteiger partial charge is 0.493 e. The molecule has 2 aromatic carbocycles. The number of likely N-dealkylation sites (tertiary alicyclic amines) is 1. The van der Waals surface area contributed by atoms with Gasteiger partial charge in [0, 0.05) is 17.7 Å². The fourth-order valence-corrected chi connectivity index (χ4v) is 6.35. The van der Waals surface area contributed by atoms with Crippen LogP contribution in [-0.2, 0) is 19.1 Å². The molecular weight excluding hydrogens is 540 g/mol. The number of methoxy groups -OCH3 is 2. The third-order valence-electron chi connectivity index (χ3n) is 8.48. The van der Waals surface area contributed by atoms with Crippen LogP contribution in [0.1, 0.15) is 69.2 Å². The molecule has 0 spiro atoms. The Labute approximate surface area is 246 Å². The summed E-state index contributed by atoms with van der Waals surface area (Å²) in [5.41, 5.74) is 2.53. The molecule has 0 aliphatic carbocycles. The highest BCUT2D eigenvalue weighted by atomic mass is 16.5. The predicted molar refractivity (Wildman–Crippen MR) is 155 cm³/mol. The number of piperidine rings is 1. The van der Waals surface area contributed by atoms with Gasteiger partial charge in [0.1, 0.15) is 30.6 Å². The van der Waals surface area contributed by atoms with Gasteiger partial charge in [0.2, 0.25) is 5.91 Å².